The molecule has 7 heteroatoms. The smallest absolute Gasteiger partial charge is 0.304 e. The Bertz CT molecular complexity index is 825. The molecule has 1 unspecified atom stereocenters. The van der Waals surface area contributed by atoms with Crippen molar-refractivity contribution in [3.8, 4) is 5.75 Å². The number of halogens is 2. The van der Waals surface area contributed by atoms with E-state index >= 15 is 0 Å². The van der Waals surface area contributed by atoms with E-state index in [2.05, 4.69) is 4.90 Å². The minimum absolute atomic E-state index is 0.0502. The third kappa shape index (κ3) is 5.22. The molecule has 1 atom stereocenters. The molecule has 1 saturated heterocycles. The number of morpholine rings is 1. The number of carbonyl (C=O) groups is 1. The molecule has 1 aliphatic rings. The van der Waals surface area contributed by atoms with Gasteiger partial charge in [-0.05, 0) is 42.3 Å². The van der Waals surface area contributed by atoms with Gasteiger partial charge in [-0.1, -0.05) is 23.7 Å². The van der Waals surface area contributed by atoms with Crippen molar-refractivity contribution in [1.29, 1.82) is 0 Å². The zero-order valence-electron chi connectivity index (χ0n) is 15.7. The Morgan fingerprint density at radius 1 is 1.39 bits per heavy atom. The fraction of sp³-hybridized carbons (Fsp3) is 0.381. The average Bonchev–Trinajstić information content (AvgIpc) is 2.67. The number of carboxylic acids is 1. The lowest BCUT2D eigenvalue weighted by molar-refractivity contribution is -0.137. The van der Waals surface area contributed by atoms with Crippen LogP contribution in [0.4, 0.5) is 4.39 Å². The lowest BCUT2D eigenvalue weighted by Crippen LogP contribution is -2.39. The largest absolute Gasteiger partial charge is 0.488 e. The third-order valence-corrected chi connectivity index (χ3v) is 5.15. The summed E-state index contributed by atoms with van der Waals surface area (Å²) < 4.78 is 25.5. The van der Waals surface area contributed by atoms with Gasteiger partial charge in [-0.3, -0.25) is 9.69 Å². The molecular weight excluding hydrogens is 385 g/mol. The van der Waals surface area contributed by atoms with Gasteiger partial charge < -0.3 is 14.6 Å². The first-order valence-electron chi connectivity index (χ1n) is 9.16. The normalized spacial score (nSPS) is 17.5. The number of carboxylic acid groups (broad SMARTS) is 1. The molecule has 0 saturated carbocycles. The molecule has 2 aromatic rings. The molecular formula is C21H23ClFNO4. The van der Waals surface area contributed by atoms with Gasteiger partial charge in [-0.2, -0.15) is 0 Å². The van der Waals surface area contributed by atoms with Gasteiger partial charge in [0.15, 0.2) is 0 Å². The van der Waals surface area contributed by atoms with Crippen molar-refractivity contribution in [2.24, 2.45) is 0 Å². The summed E-state index contributed by atoms with van der Waals surface area (Å²) in [5.41, 5.74) is 2.25. The molecule has 0 bridgehead atoms. The second-order valence-corrected chi connectivity index (χ2v) is 7.22. The predicted molar refractivity (Wildman–Crippen MR) is 104 cm³/mol. The molecule has 0 radical (unpaired) electrons. The van der Waals surface area contributed by atoms with Crippen molar-refractivity contribution in [2.75, 3.05) is 26.2 Å². The van der Waals surface area contributed by atoms with Crippen LogP contribution in [0.25, 0.3) is 0 Å². The molecule has 0 aromatic heterocycles. The Labute approximate surface area is 168 Å². The van der Waals surface area contributed by atoms with Crippen LogP contribution in [-0.4, -0.2) is 42.2 Å². The van der Waals surface area contributed by atoms with Gasteiger partial charge in [-0.25, -0.2) is 4.39 Å². The summed E-state index contributed by atoms with van der Waals surface area (Å²) >= 11 is 6.04. The van der Waals surface area contributed by atoms with Crippen molar-refractivity contribution >= 4 is 17.6 Å². The molecule has 1 heterocycles. The second kappa shape index (κ2) is 9.37. The van der Waals surface area contributed by atoms with Crippen LogP contribution in [0.3, 0.4) is 0 Å². The number of hydrogen-bond acceptors (Lipinski definition) is 4. The highest BCUT2D eigenvalue weighted by molar-refractivity contribution is 6.31. The number of nitrogens with zero attached hydrogens (tertiary/aromatic N) is 1. The summed E-state index contributed by atoms with van der Waals surface area (Å²) in [6, 6.07) is 10.3. The minimum atomic E-state index is -0.796. The average molecular weight is 408 g/mol. The van der Waals surface area contributed by atoms with Gasteiger partial charge in [0.05, 0.1) is 24.2 Å². The second-order valence-electron chi connectivity index (χ2n) is 6.82. The van der Waals surface area contributed by atoms with Crippen LogP contribution in [0.1, 0.15) is 29.2 Å². The quantitative estimate of drug-likeness (QED) is 0.744. The van der Waals surface area contributed by atoms with Crippen molar-refractivity contribution in [1.82, 2.24) is 4.90 Å². The third-order valence-electron chi connectivity index (χ3n) is 4.80. The first-order chi connectivity index (χ1) is 13.4. The molecule has 28 heavy (non-hydrogen) atoms. The number of aryl methyl sites for hydroxylation is 1. The molecule has 0 amide bonds. The maximum atomic E-state index is 13.9. The van der Waals surface area contributed by atoms with Crippen molar-refractivity contribution in [3.63, 3.8) is 0 Å². The van der Waals surface area contributed by atoms with Gasteiger partial charge in [0.25, 0.3) is 0 Å². The number of hydrogen-bond donors (Lipinski definition) is 1. The Kier molecular flexibility index (Phi) is 6.88. The zero-order chi connectivity index (χ0) is 20.1. The fourth-order valence-electron chi connectivity index (χ4n) is 3.22. The van der Waals surface area contributed by atoms with Gasteiger partial charge in [0, 0.05) is 25.2 Å². The monoisotopic (exact) mass is 407 g/mol. The molecule has 2 aromatic carbocycles. The summed E-state index contributed by atoms with van der Waals surface area (Å²) in [6.07, 6.45) is 0.00762. The van der Waals surface area contributed by atoms with E-state index in [4.69, 9.17) is 26.2 Å². The Balaban J connectivity index is 1.64. The van der Waals surface area contributed by atoms with Crippen LogP contribution in [0.2, 0.25) is 5.02 Å². The number of aliphatic carboxylic acids is 1. The van der Waals surface area contributed by atoms with E-state index in [1.807, 2.05) is 25.1 Å². The number of ether oxygens (including phenoxy) is 2. The van der Waals surface area contributed by atoms with Crippen molar-refractivity contribution < 1.29 is 23.8 Å². The van der Waals surface area contributed by atoms with Crippen molar-refractivity contribution in [3.05, 3.63) is 63.9 Å². The molecule has 1 aliphatic heterocycles. The first-order valence-corrected chi connectivity index (χ1v) is 9.54. The number of benzene rings is 2. The van der Waals surface area contributed by atoms with E-state index in [9.17, 15) is 9.18 Å². The van der Waals surface area contributed by atoms with Gasteiger partial charge >= 0.3 is 5.97 Å². The molecule has 3 rings (SSSR count). The summed E-state index contributed by atoms with van der Waals surface area (Å²) in [6.45, 7) is 4.43. The highest BCUT2D eigenvalue weighted by atomic mass is 35.5. The topological polar surface area (TPSA) is 59.0 Å². The Hall–Kier alpha value is -2.15. The molecule has 0 spiro atoms. The summed E-state index contributed by atoms with van der Waals surface area (Å²) in [5, 5.41) is 9.20. The standard InChI is InChI=1S/C21H23ClFNO4/c1-14-11-15(20-12-24(9-10-27-20)8-7-21(25)26)5-6-19(14)28-13-16-17(22)3-2-4-18(16)23/h2-6,11,20H,7-10,12-13H2,1H3,(H,25,26). The lowest BCUT2D eigenvalue weighted by atomic mass is 10.0. The minimum Gasteiger partial charge on any atom is -0.488 e. The molecule has 150 valence electrons. The van der Waals surface area contributed by atoms with Crippen LogP contribution < -0.4 is 4.74 Å². The maximum Gasteiger partial charge on any atom is 0.304 e. The van der Waals surface area contributed by atoms with Crippen LogP contribution in [-0.2, 0) is 16.1 Å². The van der Waals surface area contributed by atoms with E-state index in [1.165, 1.54) is 6.07 Å². The van der Waals surface area contributed by atoms with Crippen LogP contribution in [0, 0.1) is 12.7 Å². The SMILES string of the molecule is Cc1cc(C2CN(CCC(=O)O)CCO2)ccc1OCc1c(F)cccc1Cl. The lowest BCUT2D eigenvalue weighted by Gasteiger charge is -2.33. The molecule has 1 N–H and O–H groups in total. The molecule has 0 aliphatic carbocycles. The van der Waals surface area contributed by atoms with E-state index < -0.39 is 5.97 Å². The summed E-state index contributed by atoms with van der Waals surface area (Å²) in [7, 11) is 0. The van der Waals surface area contributed by atoms with E-state index in [1.54, 1.807) is 12.1 Å². The van der Waals surface area contributed by atoms with Crippen LogP contribution >= 0.6 is 11.6 Å². The zero-order valence-corrected chi connectivity index (χ0v) is 16.4. The maximum absolute atomic E-state index is 13.9. The first kappa shape index (κ1) is 20.6. The fourth-order valence-corrected chi connectivity index (χ4v) is 3.43. The van der Waals surface area contributed by atoms with Gasteiger partial charge in [-0.15, -0.1) is 0 Å². The summed E-state index contributed by atoms with van der Waals surface area (Å²) in [5.74, 6) is -0.532. The van der Waals surface area contributed by atoms with E-state index in [0.717, 1.165) is 17.7 Å². The Morgan fingerprint density at radius 3 is 2.93 bits per heavy atom. The van der Waals surface area contributed by atoms with Crippen LogP contribution in [0.5, 0.6) is 5.75 Å². The highest BCUT2D eigenvalue weighted by Crippen LogP contribution is 2.28. The molecule has 5 nitrogen and oxygen atoms in total. The van der Waals surface area contributed by atoms with E-state index in [0.29, 0.717) is 36.0 Å². The van der Waals surface area contributed by atoms with Gasteiger partial charge in [0.1, 0.15) is 18.2 Å². The summed E-state index contributed by atoms with van der Waals surface area (Å²) in [4.78, 5) is 12.9. The predicted octanol–water partition coefficient (Wildman–Crippen LogP) is 4.21. The highest BCUT2D eigenvalue weighted by Gasteiger charge is 2.23. The van der Waals surface area contributed by atoms with Gasteiger partial charge in [0.2, 0.25) is 0 Å². The number of rotatable bonds is 7. The molecule has 1 fully saturated rings. The van der Waals surface area contributed by atoms with E-state index in [-0.39, 0.29) is 24.9 Å². The Morgan fingerprint density at radius 2 is 2.21 bits per heavy atom. The van der Waals surface area contributed by atoms with Crippen LogP contribution in [0.15, 0.2) is 36.4 Å². The van der Waals surface area contributed by atoms with Crippen molar-refractivity contribution in [2.45, 2.75) is 26.1 Å².